The lowest BCUT2D eigenvalue weighted by molar-refractivity contribution is 0.198. The van der Waals surface area contributed by atoms with E-state index in [0.717, 1.165) is 24.3 Å². The van der Waals surface area contributed by atoms with Gasteiger partial charge in [-0.3, -0.25) is 22.8 Å². The minimum atomic E-state index is -5.35. The number of nitrogens with zero attached hydrogens (tertiary/aromatic N) is 6. The normalized spacial score (nSPS) is 13.1. The van der Waals surface area contributed by atoms with Crippen molar-refractivity contribution in [2.45, 2.75) is 24.5 Å². The lowest BCUT2D eigenvalue weighted by Gasteiger charge is -2.13. The highest BCUT2D eigenvalue weighted by molar-refractivity contribution is 7.87. The van der Waals surface area contributed by atoms with Gasteiger partial charge < -0.3 is 40.1 Å². The standard InChI is InChI=1S/C36H30N6O23S5/c43-3-5-64-26-15-23(40-42-34-30(70(61,62)63)10-17-8-20(67(52,53)54)13-25(46)32(17)36(34)48)27(65-6-4-44)14-22(26)39-38-21-2-1-18(11-28(21)68(55,56)57)37-41-33-29(69(58,59)60)9-16-7-19(66(49,50)51)12-24(45)31(16)35(33)47/h1-2,7-15,43-48H,3-6H2,(H,49,50,51)(H,52,53,54)(H,55,56,57)(H,58,59,60)(H,61,62,63). The molecule has 0 unspecified atom stereocenters. The van der Waals surface area contributed by atoms with E-state index >= 15 is 0 Å². The molecule has 6 aromatic rings. The molecular formula is C36H30N6O23S5. The number of rotatable bonds is 17. The third-order valence-corrected chi connectivity index (χ3v) is 13.4. The van der Waals surface area contributed by atoms with E-state index in [9.17, 15) is 95.5 Å². The summed E-state index contributed by atoms with van der Waals surface area (Å²) in [6.07, 6.45) is 0. The van der Waals surface area contributed by atoms with Gasteiger partial charge in [0, 0.05) is 24.3 Å². The van der Waals surface area contributed by atoms with Gasteiger partial charge in [-0.2, -0.15) is 47.2 Å². The molecule has 0 radical (unpaired) electrons. The highest BCUT2D eigenvalue weighted by atomic mass is 32.2. The number of aliphatic hydroxyl groups excluding tert-OH is 2. The first-order valence-corrected chi connectivity index (χ1v) is 25.6. The first kappa shape index (κ1) is 52.3. The number of fused-ring (bicyclic) bond motifs is 2. The molecular weight excluding hydrogens is 1040 g/mol. The van der Waals surface area contributed by atoms with Crippen LogP contribution in [-0.2, 0) is 50.6 Å². The van der Waals surface area contributed by atoms with Crippen molar-refractivity contribution in [3.05, 3.63) is 66.7 Å². The Bertz CT molecular complexity index is 3830. The van der Waals surface area contributed by atoms with Gasteiger partial charge >= 0.3 is 0 Å². The molecule has 0 saturated heterocycles. The predicted octanol–water partition coefficient (Wildman–Crippen LogP) is 5.04. The molecule has 0 amide bonds. The molecule has 6 rings (SSSR count). The molecule has 0 heterocycles. The zero-order chi connectivity index (χ0) is 51.9. The fourth-order valence-corrected chi connectivity index (χ4v) is 9.20. The Morgan fingerprint density at radius 2 is 0.800 bits per heavy atom. The maximum absolute atomic E-state index is 12.6. The van der Waals surface area contributed by atoms with Gasteiger partial charge in [-0.15, -0.1) is 25.6 Å². The van der Waals surface area contributed by atoms with Crippen LogP contribution in [0, 0.1) is 0 Å². The van der Waals surface area contributed by atoms with Gasteiger partial charge in [-0.1, -0.05) is 0 Å². The van der Waals surface area contributed by atoms with Gasteiger partial charge in [0.2, 0.25) is 0 Å². The number of phenolic OH excluding ortho intramolecular Hbond substituents is 4. The van der Waals surface area contributed by atoms with Crippen LogP contribution >= 0.6 is 0 Å². The fourth-order valence-electron chi connectivity index (χ4n) is 6.17. The number of aliphatic hydroxyl groups is 2. The highest BCUT2D eigenvalue weighted by Gasteiger charge is 2.28. The summed E-state index contributed by atoms with van der Waals surface area (Å²) in [6, 6.07) is 7.85. The molecule has 34 heteroatoms. The molecule has 6 aromatic carbocycles. The number of hydrogen-bond donors (Lipinski definition) is 11. The van der Waals surface area contributed by atoms with Crippen molar-refractivity contribution < 1.29 is 105 Å². The average Bonchev–Trinajstić information content (AvgIpc) is 3.24. The van der Waals surface area contributed by atoms with Crippen LogP contribution < -0.4 is 9.47 Å². The van der Waals surface area contributed by atoms with Crippen molar-refractivity contribution in [1.29, 1.82) is 0 Å². The van der Waals surface area contributed by atoms with Gasteiger partial charge in [-0.05, 0) is 53.2 Å². The Kier molecular flexibility index (Phi) is 14.5. The van der Waals surface area contributed by atoms with E-state index in [1.54, 1.807) is 0 Å². The smallest absolute Gasteiger partial charge is 0.296 e. The monoisotopic (exact) mass is 1070 g/mol. The molecule has 11 N–H and O–H groups in total. The summed E-state index contributed by atoms with van der Waals surface area (Å²) in [5, 5.41) is 82.2. The molecule has 0 aliphatic rings. The van der Waals surface area contributed by atoms with Crippen LogP contribution in [0.4, 0.5) is 34.1 Å². The first-order chi connectivity index (χ1) is 32.4. The van der Waals surface area contributed by atoms with Crippen molar-refractivity contribution in [1.82, 2.24) is 0 Å². The summed E-state index contributed by atoms with van der Waals surface area (Å²) in [5.41, 5.74) is -4.10. The number of benzene rings is 6. The minimum Gasteiger partial charge on any atom is -0.507 e. The second kappa shape index (κ2) is 19.4. The van der Waals surface area contributed by atoms with Crippen molar-refractivity contribution in [2.75, 3.05) is 26.4 Å². The zero-order valence-electron chi connectivity index (χ0n) is 34.2. The van der Waals surface area contributed by atoms with Crippen molar-refractivity contribution in [2.24, 2.45) is 30.7 Å². The van der Waals surface area contributed by atoms with Crippen molar-refractivity contribution in [3.63, 3.8) is 0 Å². The Hall–Kier alpha value is -7.09. The number of aromatic hydroxyl groups is 4. The van der Waals surface area contributed by atoms with E-state index in [0.29, 0.717) is 42.5 Å². The summed E-state index contributed by atoms with van der Waals surface area (Å²) in [6.45, 7) is -2.24. The van der Waals surface area contributed by atoms with Crippen molar-refractivity contribution >= 4 is 106 Å². The summed E-state index contributed by atoms with van der Waals surface area (Å²) in [7, 11) is -25.9. The van der Waals surface area contributed by atoms with E-state index in [-0.39, 0.29) is 11.4 Å². The summed E-state index contributed by atoms with van der Waals surface area (Å²) in [4.78, 5) is -5.31. The third kappa shape index (κ3) is 11.3. The number of hydrogen-bond acceptors (Lipinski definition) is 24. The maximum Gasteiger partial charge on any atom is 0.296 e. The van der Waals surface area contributed by atoms with E-state index in [1.165, 1.54) is 0 Å². The lowest BCUT2D eigenvalue weighted by atomic mass is 10.1. The molecule has 29 nitrogen and oxygen atoms in total. The van der Waals surface area contributed by atoms with Crippen molar-refractivity contribution in [3.8, 4) is 34.5 Å². The molecule has 0 aliphatic carbocycles. The number of azo groups is 3. The average molecular weight is 1070 g/mol. The fraction of sp³-hybridized carbons (Fsp3) is 0.111. The lowest BCUT2D eigenvalue weighted by Crippen LogP contribution is -2.04. The molecule has 0 spiro atoms. The van der Waals surface area contributed by atoms with Crippen LogP contribution in [0.5, 0.6) is 34.5 Å². The van der Waals surface area contributed by atoms with E-state index in [4.69, 9.17) is 9.47 Å². The second-order valence-corrected chi connectivity index (χ2v) is 20.8. The number of phenols is 4. The van der Waals surface area contributed by atoms with Crippen LogP contribution in [-0.4, -0.2) is 122 Å². The van der Waals surface area contributed by atoms with E-state index < -0.39 is 180 Å². The molecule has 0 saturated carbocycles. The van der Waals surface area contributed by atoms with Crippen LogP contribution in [0.1, 0.15) is 0 Å². The molecule has 0 atom stereocenters. The summed E-state index contributed by atoms with van der Waals surface area (Å²) in [5.74, 6) is -5.15. The van der Waals surface area contributed by atoms with Crippen LogP contribution in [0.25, 0.3) is 21.5 Å². The largest absolute Gasteiger partial charge is 0.507 e. The SMILES string of the molecule is O=S(=O)(O)c1cc(O)c2c(O)c(N=Nc3ccc(N=Nc4cc(OCCO)c(N=Nc5c(S(=O)(=O)O)cc6cc(S(=O)(=O)O)cc(O)c6c5O)cc4OCCO)c(S(=O)(=O)O)c3)c(S(=O)(=O)O)cc2c1. The quantitative estimate of drug-likeness (QED) is 0.0421. The maximum atomic E-state index is 12.6. The highest BCUT2D eigenvalue weighted by Crippen LogP contribution is 2.49. The molecule has 0 aromatic heterocycles. The molecule has 372 valence electrons. The van der Waals surface area contributed by atoms with Crippen LogP contribution in [0.2, 0.25) is 0 Å². The Balaban J connectivity index is 1.45. The molecule has 0 fully saturated rings. The van der Waals surface area contributed by atoms with Crippen LogP contribution in [0.15, 0.2) is 122 Å². The molecule has 0 aliphatic heterocycles. The van der Waals surface area contributed by atoms with E-state index in [2.05, 4.69) is 30.7 Å². The van der Waals surface area contributed by atoms with E-state index in [1.807, 2.05) is 0 Å². The Morgan fingerprint density at radius 1 is 0.414 bits per heavy atom. The summed E-state index contributed by atoms with van der Waals surface area (Å²) < 4.78 is 181. The zero-order valence-corrected chi connectivity index (χ0v) is 38.3. The minimum absolute atomic E-state index is 0.375. The second-order valence-electron chi connectivity index (χ2n) is 13.8. The Labute approximate surface area is 392 Å². The molecule has 70 heavy (non-hydrogen) atoms. The molecule has 0 bridgehead atoms. The number of ether oxygens (including phenoxy) is 2. The van der Waals surface area contributed by atoms with Gasteiger partial charge in [0.1, 0.15) is 79.3 Å². The predicted molar refractivity (Wildman–Crippen MR) is 234 cm³/mol. The first-order valence-electron chi connectivity index (χ1n) is 18.4. The van der Waals surface area contributed by atoms with Crippen LogP contribution in [0.3, 0.4) is 0 Å². The van der Waals surface area contributed by atoms with Gasteiger partial charge in [0.05, 0.1) is 39.5 Å². The Morgan fingerprint density at radius 3 is 1.19 bits per heavy atom. The summed E-state index contributed by atoms with van der Waals surface area (Å²) >= 11 is 0. The van der Waals surface area contributed by atoms with Gasteiger partial charge in [-0.25, -0.2) is 0 Å². The topological polar surface area (TPSA) is 486 Å². The third-order valence-electron chi connectivity index (χ3n) is 9.11. The van der Waals surface area contributed by atoms with Gasteiger partial charge in [0.25, 0.3) is 50.6 Å². The van der Waals surface area contributed by atoms with Gasteiger partial charge in [0.15, 0.2) is 11.5 Å².